The van der Waals surface area contributed by atoms with Crippen LogP contribution in [0.4, 0.5) is 11.6 Å². The number of para-hydroxylation sites is 1. The van der Waals surface area contributed by atoms with E-state index in [4.69, 9.17) is 0 Å². The van der Waals surface area contributed by atoms with Gasteiger partial charge in [0.2, 0.25) is 5.95 Å². The molecule has 27 heavy (non-hydrogen) atoms. The Kier molecular flexibility index (Phi) is 3.85. The summed E-state index contributed by atoms with van der Waals surface area (Å²) in [6.07, 6.45) is 3.55. The molecule has 5 heteroatoms. The van der Waals surface area contributed by atoms with Gasteiger partial charge in [-0.3, -0.25) is 4.79 Å². The van der Waals surface area contributed by atoms with Crippen molar-refractivity contribution in [3.05, 3.63) is 83.2 Å². The Balaban J connectivity index is 1.41. The Morgan fingerprint density at radius 1 is 0.852 bits per heavy atom. The minimum Gasteiger partial charge on any atom is -0.333 e. The third kappa shape index (κ3) is 2.85. The molecule has 0 spiro atoms. The Hall–Kier alpha value is -3.21. The standard InChI is InChI=1S/C22H20N4O/c27-21(25-13-10-16-5-1-2-7-18(16)15-25)19-9-12-23-22(24-19)26-14-11-17-6-3-4-8-20(17)26/h1-9,12H,10-11,13-15H2. The van der Waals surface area contributed by atoms with Crippen molar-refractivity contribution in [3.8, 4) is 0 Å². The van der Waals surface area contributed by atoms with E-state index in [-0.39, 0.29) is 5.91 Å². The zero-order chi connectivity index (χ0) is 18.2. The molecule has 1 amide bonds. The summed E-state index contributed by atoms with van der Waals surface area (Å²) in [5.74, 6) is 0.573. The van der Waals surface area contributed by atoms with Gasteiger partial charge in [0.1, 0.15) is 5.69 Å². The van der Waals surface area contributed by atoms with Crippen molar-refractivity contribution in [2.75, 3.05) is 18.0 Å². The highest BCUT2D eigenvalue weighted by Crippen LogP contribution is 2.32. The molecule has 0 N–H and O–H groups in total. The van der Waals surface area contributed by atoms with E-state index in [9.17, 15) is 4.79 Å². The van der Waals surface area contributed by atoms with Crippen molar-refractivity contribution in [3.63, 3.8) is 0 Å². The van der Waals surface area contributed by atoms with Crippen LogP contribution in [0, 0.1) is 0 Å². The van der Waals surface area contributed by atoms with E-state index >= 15 is 0 Å². The predicted molar refractivity (Wildman–Crippen MR) is 104 cm³/mol. The Morgan fingerprint density at radius 2 is 1.59 bits per heavy atom. The molecule has 3 aromatic rings. The summed E-state index contributed by atoms with van der Waals surface area (Å²) in [7, 11) is 0. The lowest BCUT2D eigenvalue weighted by molar-refractivity contribution is 0.0728. The molecule has 0 saturated heterocycles. The molecule has 0 unspecified atom stereocenters. The molecule has 5 rings (SSSR count). The topological polar surface area (TPSA) is 49.3 Å². The minimum atomic E-state index is -0.0272. The van der Waals surface area contributed by atoms with Gasteiger partial charge in [-0.1, -0.05) is 42.5 Å². The molecule has 134 valence electrons. The van der Waals surface area contributed by atoms with Crippen LogP contribution >= 0.6 is 0 Å². The summed E-state index contributed by atoms with van der Waals surface area (Å²) in [5, 5.41) is 0. The normalized spacial score (nSPS) is 15.4. The Bertz CT molecular complexity index is 1020. The number of fused-ring (bicyclic) bond motifs is 2. The van der Waals surface area contributed by atoms with Gasteiger partial charge in [0.15, 0.2) is 0 Å². The molecule has 0 fully saturated rings. The number of benzene rings is 2. The first-order valence-electron chi connectivity index (χ1n) is 9.34. The molecular formula is C22H20N4O. The largest absolute Gasteiger partial charge is 0.333 e. The first kappa shape index (κ1) is 16.0. The van der Waals surface area contributed by atoms with Crippen LogP contribution in [0.25, 0.3) is 0 Å². The summed E-state index contributed by atoms with van der Waals surface area (Å²) in [6, 6.07) is 18.3. The molecule has 2 aliphatic rings. The number of aromatic nitrogens is 2. The van der Waals surface area contributed by atoms with Crippen LogP contribution in [0.1, 0.15) is 27.2 Å². The van der Waals surface area contributed by atoms with E-state index in [1.165, 1.54) is 16.7 Å². The molecule has 0 radical (unpaired) electrons. The molecule has 3 heterocycles. The second kappa shape index (κ2) is 6.50. The minimum absolute atomic E-state index is 0.0272. The first-order chi connectivity index (χ1) is 13.3. The van der Waals surface area contributed by atoms with Crippen molar-refractivity contribution in [2.24, 2.45) is 0 Å². The van der Waals surface area contributed by atoms with Gasteiger partial charge >= 0.3 is 0 Å². The first-order valence-corrected chi connectivity index (χ1v) is 9.34. The van der Waals surface area contributed by atoms with E-state index in [1.54, 1.807) is 12.3 Å². The molecule has 5 nitrogen and oxygen atoms in total. The summed E-state index contributed by atoms with van der Waals surface area (Å²) in [5.41, 5.74) is 5.45. The van der Waals surface area contributed by atoms with E-state index in [2.05, 4.69) is 51.3 Å². The fourth-order valence-corrected chi connectivity index (χ4v) is 3.97. The second-order valence-corrected chi connectivity index (χ2v) is 7.02. The average molecular weight is 356 g/mol. The molecule has 2 aliphatic heterocycles. The summed E-state index contributed by atoms with van der Waals surface area (Å²) in [4.78, 5) is 26.1. The summed E-state index contributed by atoms with van der Waals surface area (Å²) in [6.45, 7) is 2.21. The van der Waals surface area contributed by atoms with Gasteiger partial charge in [-0.05, 0) is 41.7 Å². The monoisotopic (exact) mass is 356 g/mol. The summed E-state index contributed by atoms with van der Waals surface area (Å²) < 4.78 is 0. The van der Waals surface area contributed by atoms with Gasteiger partial charge in [0, 0.05) is 31.5 Å². The van der Waals surface area contributed by atoms with E-state index in [0.29, 0.717) is 18.2 Å². The highest BCUT2D eigenvalue weighted by molar-refractivity contribution is 5.92. The molecule has 1 aromatic heterocycles. The highest BCUT2D eigenvalue weighted by Gasteiger charge is 2.25. The molecule has 0 saturated carbocycles. The SMILES string of the molecule is O=C(c1ccnc(N2CCc3ccccc32)n1)N1CCc2ccccc2C1. The zero-order valence-corrected chi connectivity index (χ0v) is 15.0. The van der Waals surface area contributed by atoms with Crippen LogP contribution in [0.5, 0.6) is 0 Å². The summed E-state index contributed by atoms with van der Waals surface area (Å²) >= 11 is 0. The fourth-order valence-electron chi connectivity index (χ4n) is 3.97. The number of nitrogens with zero attached hydrogens (tertiary/aromatic N) is 4. The number of carbonyl (C=O) groups is 1. The maximum absolute atomic E-state index is 13.0. The van der Waals surface area contributed by atoms with E-state index < -0.39 is 0 Å². The third-order valence-electron chi connectivity index (χ3n) is 5.41. The van der Waals surface area contributed by atoms with Gasteiger partial charge in [0.25, 0.3) is 5.91 Å². The van der Waals surface area contributed by atoms with Gasteiger partial charge < -0.3 is 9.80 Å². The van der Waals surface area contributed by atoms with Crippen LogP contribution < -0.4 is 4.90 Å². The van der Waals surface area contributed by atoms with Crippen molar-refractivity contribution in [1.82, 2.24) is 14.9 Å². The number of hydrogen-bond donors (Lipinski definition) is 0. The predicted octanol–water partition coefficient (Wildman–Crippen LogP) is 3.37. The van der Waals surface area contributed by atoms with E-state index in [0.717, 1.165) is 31.6 Å². The molecule has 2 aromatic carbocycles. The molecular weight excluding hydrogens is 336 g/mol. The number of anilines is 2. The van der Waals surface area contributed by atoms with Crippen molar-refractivity contribution in [1.29, 1.82) is 0 Å². The maximum Gasteiger partial charge on any atom is 0.272 e. The second-order valence-electron chi connectivity index (χ2n) is 7.02. The average Bonchev–Trinajstić information content (AvgIpc) is 3.17. The van der Waals surface area contributed by atoms with Crippen molar-refractivity contribution >= 4 is 17.5 Å². The third-order valence-corrected chi connectivity index (χ3v) is 5.41. The lowest BCUT2D eigenvalue weighted by Crippen LogP contribution is -2.36. The van der Waals surface area contributed by atoms with Crippen LogP contribution in [0.3, 0.4) is 0 Å². The highest BCUT2D eigenvalue weighted by atomic mass is 16.2. The van der Waals surface area contributed by atoms with Crippen LogP contribution in [-0.4, -0.2) is 33.9 Å². The molecule has 0 bridgehead atoms. The van der Waals surface area contributed by atoms with Gasteiger partial charge in [0.05, 0.1) is 0 Å². The quantitative estimate of drug-likeness (QED) is 0.706. The Morgan fingerprint density at radius 3 is 2.48 bits per heavy atom. The number of carbonyl (C=O) groups excluding carboxylic acids is 1. The fraction of sp³-hybridized carbons (Fsp3) is 0.227. The number of rotatable bonds is 2. The number of hydrogen-bond acceptors (Lipinski definition) is 4. The van der Waals surface area contributed by atoms with Gasteiger partial charge in [-0.25, -0.2) is 9.97 Å². The zero-order valence-electron chi connectivity index (χ0n) is 15.0. The van der Waals surface area contributed by atoms with E-state index in [1.807, 2.05) is 17.0 Å². The van der Waals surface area contributed by atoms with Crippen LogP contribution in [0.2, 0.25) is 0 Å². The van der Waals surface area contributed by atoms with Gasteiger partial charge in [-0.15, -0.1) is 0 Å². The van der Waals surface area contributed by atoms with Crippen LogP contribution in [-0.2, 0) is 19.4 Å². The van der Waals surface area contributed by atoms with Crippen LogP contribution in [0.15, 0.2) is 60.8 Å². The molecule has 0 aliphatic carbocycles. The molecule has 0 atom stereocenters. The maximum atomic E-state index is 13.0. The van der Waals surface area contributed by atoms with Crippen molar-refractivity contribution < 1.29 is 4.79 Å². The van der Waals surface area contributed by atoms with Gasteiger partial charge in [-0.2, -0.15) is 0 Å². The lowest BCUT2D eigenvalue weighted by atomic mass is 10.00. The Labute approximate surface area is 158 Å². The lowest BCUT2D eigenvalue weighted by Gasteiger charge is -2.28. The smallest absolute Gasteiger partial charge is 0.272 e. The van der Waals surface area contributed by atoms with Crippen molar-refractivity contribution in [2.45, 2.75) is 19.4 Å². The number of amides is 1.